The van der Waals surface area contributed by atoms with Gasteiger partial charge in [0.05, 0.1) is 21.9 Å². The average Bonchev–Trinajstić information content (AvgIpc) is 2.79. The number of nitrogens with zero attached hydrogens (tertiary/aromatic N) is 2. The average molecular weight is 349 g/mol. The molecule has 0 spiro atoms. The molecule has 2 rings (SSSR count). The van der Waals surface area contributed by atoms with Gasteiger partial charge in [0.1, 0.15) is 0 Å². The van der Waals surface area contributed by atoms with Crippen molar-refractivity contribution in [3.8, 4) is 0 Å². The number of ketones is 1. The topological polar surface area (TPSA) is 98.1 Å². The third kappa shape index (κ3) is 3.38. The van der Waals surface area contributed by atoms with Crippen LogP contribution in [-0.2, 0) is 21.7 Å². The number of aromatic nitrogens is 2. The molecule has 0 atom stereocenters. The molecule has 1 aromatic heterocycles. The number of anilines is 1. The second kappa shape index (κ2) is 6.56. The third-order valence-electron chi connectivity index (χ3n) is 3.79. The minimum Gasteiger partial charge on any atom is -0.319 e. The van der Waals surface area contributed by atoms with Crippen LogP contribution in [0, 0.1) is 13.8 Å². The standard InChI is InChI=1S/C16H19N3O4S/c1-5-24(22,23)13-8-6-12(7-9-13)17-16(21)15(20)14-10(2)18-19(4)11(14)3/h6-9H,5H2,1-4H3,(H,17,21). The fourth-order valence-corrected chi connectivity index (χ4v) is 3.20. The van der Waals surface area contributed by atoms with Crippen LogP contribution in [0.5, 0.6) is 0 Å². The van der Waals surface area contributed by atoms with Crippen molar-refractivity contribution in [3.63, 3.8) is 0 Å². The molecule has 7 nitrogen and oxygen atoms in total. The summed E-state index contributed by atoms with van der Waals surface area (Å²) in [6.07, 6.45) is 0. The van der Waals surface area contributed by atoms with E-state index in [1.165, 1.54) is 24.3 Å². The smallest absolute Gasteiger partial charge is 0.296 e. The molecule has 0 saturated carbocycles. The maximum absolute atomic E-state index is 12.3. The van der Waals surface area contributed by atoms with Gasteiger partial charge in [0, 0.05) is 18.4 Å². The molecule has 0 unspecified atom stereocenters. The maximum atomic E-state index is 12.3. The molecule has 0 aliphatic rings. The normalized spacial score (nSPS) is 11.3. The van der Waals surface area contributed by atoms with Crippen molar-refractivity contribution in [1.82, 2.24) is 9.78 Å². The van der Waals surface area contributed by atoms with E-state index in [1.807, 2.05) is 0 Å². The Morgan fingerprint density at radius 1 is 1.17 bits per heavy atom. The highest BCUT2D eigenvalue weighted by atomic mass is 32.2. The number of benzene rings is 1. The number of carbonyl (C=O) groups excluding carboxylic acids is 2. The molecule has 0 radical (unpaired) electrons. The first kappa shape index (κ1) is 17.9. The lowest BCUT2D eigenvalue weighted by Crippen LogP contribution is -2.24. The van der Waals surface area contributed by atoms with Crippen LogP contribution in [0.15, 0.2) is 29.2 Å². The molecule has 0 saturated heterocycles. The summed E-state index contributed by atoms with van der Waals surface area (Å²) in [6, 6.07) is 5.71. The number of aryl methyl sites for hydroxylation is 2. The van der Waals surface area contributed by atoms with Gasteiger partial charge in [-0.05, 0) is 38.1 Å². The Balaban J connectivity index is 2.19. The van der Waals surface area contributed by atoms with E-state index in [1.54, 1.807) is 32.5 Å². The number of amides is 1. The minimum atomic E-state index is -3.30. The predicted molar refractivity (Wildman–Crippen MR) is 89.8 cm³/mol. The van der Waals surface area contributed by atoms with Gasteiger partial charge in [0.2, 0.25) is 0 Å². The molecule has 0 aliphatic heterocycles. The summed E-state index contributed by atoms with van der Waals surface area (Å²) >= 11 is 0. The van der Waals surface area contributed by atoms with Crippen LogP contribution < -0.4 is 5.32 Å². The zero-order valence-corrected chi connectivity index (χ0v) is 14.8. The lowest BCUT2D eigenvalue weighted by atomic mass is 10.1. The van der Waals surface area contributed by atoms with Gasteiger partial charge in [-0.1, -0.05) is 6.92 Å². The molecule has 8 heteroatoms. The van der Waals surface area contributed by atoms with E-state index < -0.39 is 21.5 Å². The second-order valence-corrected chi connectivity index (χ2v) is 7.66. The van der Waals surface area contributed by atoms with Crippen molar-refractivity contribution < 1.29 is 18.0 Å². The van der Waals surface area contributed by atoms with Crippen molar-refractivity contribution in [3.05, 3.63) is 41.2 Å². The van der Waals surface area contributed by atoms with E-state index in [0.717, 1.165) is 0 Å². The van der Waals surface area contributed by atoms with Crippen molar-refractivity contribution in [2.45, 2.75) is 25.7 Å². The van der Waals surface area contributed by atoms with E-state index in [-0.39, 0.29) is 16.2 Å². The Morgan fingerprint density at radius 2 is 1.75 bits per heavy atom. The zero-order chi connectivity index (χ0) is 18.1. The number of sulfone groups is 1. The van der Waals surface area contributed by atoms with E-state index >= 15 is 0 Å². The van der Waals surface area contributed by atoms with Gasteiger partial charge in [0.15, 0.2) is 9.84 Å². The van der Waals surface area contributed by atoms with Crippen LogP contribution in [0.1, 0.15) is 28.7 Å². The monoisotopic (exact) mass is 349 g/mol. The number of carbonyl (C=O) groups is 2. The fourth-order valence-electron chi connectivity index (χ4n) is 2.32. The molecular formula is C16H19N3O4S. The number of nitrogens with one attached hydrogen (secondary N) is 1. The van der Waals surface area contributed by atoms with Gasteiger partial charge < -0.3 is 5.32 Å². The molecule has 1 heterocycles. The fraction of sp³-hybridized carbons (Fsp3) is 0.312. The first-order valence-corrected chi connectivity index (χ1v) is 9.01. The van der Waals surface area contributed by atoms with Crippen molar-refractivity contribution in [1.29, 1.82) is 0 Å². The lowest BCUT2D eigenvalue weighted by Gasteiger charge is -2.06. The van der Waals surface area contributed by atoms with Gasteiger partial charge in [-0.15, -0.1) is 0 Å². The van der Waals surface area contributed by atoms with Crippen LogP contribution in [0.2, 0.25) is 0 Å². The summed E-state index contributed by atoms with van der Waals surface area (Å²) in [5, 5.41) is 6.60. The van der Waals surface area contributed by atoms with E-state index in [2.05, 4.69) is 10.4 Å². The molecule has 128 valence electrons. The van der Waals surface area contributed by atoms with Gasteiger partial charge in [-0.2, -0.15) is 5.10 Å². The summed E-state index contributed by atoms with van der Waals surface area (Å²) in [5.41, 5.74) is 1.72. The Kier molecular flexibility index (Phi) is 4.88. The molecule has 2 aromatic rings. The number of Topliss-reactive ketones (excluding diaryl/α,β-unsaturated/α-hetero) is 1. The highest BCUT2D eigenvalue weighted by molar-refractivity contribution is 7.91. The molecule has 1 N–H and O–H groups in total. The Bertz CT molecular complexity index is 896. The van der Waals surface area contributed by atoms with Crippen molar-refractivity contribution >= 4 is 27.2 Å². The molecule has 1 aromatic carbocycles. The first-order valence-electron chi connectivity index (χ1n) is 7.36. The van der Waals surface area contributed by atoms with Gasteiger partial charge in [-0.3, -0.25) is 14.3 Å². The van der Waals surface area contributed by atoms with E-state index in [0.29, 0.717) is 17.1 Å². The lowest BCUT2D eigenvalue weighted by molar-refractivity contribution is -0.112. The van der Waals surface area contributed by atoms with E-state index in [9.17, 15) is 18.0 Å². The van der Waals surface area contributed by atoms with Gasteiger partial charge in [-0.25, -0.2) is 8.42 Å². The maximum Gasteiger partial charge on any atom is 0.296 e. The zero-order valence-electron chi connectivity index (χ0n) is 14.0. The summed E-state index contributed by atoms with van der Waals surface area (Å²) in [5.74, 6) is -1.47. The molecule has 0 bridgehead atoms. The summed E-state index contributed by atoms with van der Waals surface area (Å²) < 4.78 is 25.1. The second-order valence-electron chi connectivity index (χ2n) is 5.38. The summed E-state index contributed by atoms with van der Waals surface area (Å²) in [6.45, 7) is 4.94. The first-order chi connectivity index (χ1) is 11.2. The van der Waals surface area contributed by atoms with Crippen LogP contribution >= 0.6 is 0 Å². The largest absolute Gasteiger partial charge is 0.319 e. The highest BCUT2D eigenvalue weighted by Crippen LogP contribution is 2.17. The highest BCUT2D eigenvalue weighted by Gasteiger charge is 2.24. The number of rotatable bonds is 5. The van der Waals surface area contributed by atoms with Crippen LogP contribution in [0.4, 0.5) is 5.69 Å². The minimum absolute atomic E-state index is 0.00322. The molecule has 0 aliphatic carbocycles. The molecule has 0 fully saturated rings. The Labute approximate surface area is 140 Å². The number of hydrogen-bond acceptors (Lipinski definition) is 5. The van der Waals surface area contributed by atoms with Crippen LogP contribution in [-0.4, -0.2) is 35.6 Å². The summed E-state index contributed by atoms with van der Waals surface area (Å²) in [4.78, 5) is 24.6. The van der Waals surface area contributed by atoms with Crippen LogP contribution in [0.25, 0.3) is 0 Å². The SMILES string of the molecule is CCS(=O)(=O)c1ccc(NC(=O)C(=O)c2c(C)nn(C)c2C)cc1. The van der Waals surface area contributed by atoms with Crippen molar-refractivity contribution in [2.24, 2.45) is 7.05 Å². The summed E-state index contributed by atoms with van der Waals surface area (Å²) in [7, 11) is -1.60. The predicted octanol–water partition coefficient (Wildman–Crippen LogP) is 1.65. The van der Waals surface area contributed by atoms with Crippen LogP contribution in [0.3, 0.4) is 0 Å². The van der Waals surface area contributed by atoms with Gasteiger partial charge in [0.25, 0.3) is 11.7 Å². The number of hydrogen-bond donors (Lipinski definition) is 1. The quantitative estimate of drug-likeness (QED) is 0.654. The molecule has 24 heavy (non-hydrogen) atoms. The third-order valence-corrected chi connectivity index (χ3v) is 5.54. The molecular weight excluding hydrogens is 330 g/mol. The van der Waals surface area contributed by atoms with Crippen molar-refractivity contribution in [2.75, 3.05) is 11.1 Å². The Morgan fingerprint density at radius 3 is 2.21 bits per heavy atom. The Hall–Kier alpha value is -2.48. The van der Waals surface area contributed by atoms with Gasteiger partial charge >= 0.3 is 0 Å². The molecule has 1 amide bonds. The van der Waals surface area contributed by atoms with E-state index in [4.69, 9.17) is 0 Å².